The van der Waals surface area contributed by atoms with Crippen molar-refractivity contribution in [2.45, 2.75) is 52.0 Å². The summed E-state index contributed by atoms with van der Waals surface area (Å²) in [7, 11) is 0. The van der Waals surface area contributed by atoms with E-state index < -0.39 is 0 Å². The molecular weight excluding hydrogens is 184 g/mol. The first-order valence-electron chi connectivity index (χ1n) is 6.68. The van der Waals surface area contributed by atoms with Crippen LogP contribution in [0, 0.1) is 5.41 Å². The monoisotopic (exact) mass is 210 g/mol. The summed E-state index contributed by atoms with van der Waals surface area (Å²) in [5, 5.41) is 3.63. The van der Waals surface area contributed by atoms with Gasteiger partial charge in [0.25, 0.3) is 0 Å². The topological polar surface area (TPSA) is 15.3 Å². The summed E-state index contributed by atoms with van der Waals surface area (Å²) >= 11 is 0. The Labute approximate surface area is 94.4 Å². The molecule has 2 fully saturated rings. The molecule has 1 heterocycles. The lowest BCUT2D eigenvalue weighted by Crippen LogP contribution is -2.53. The van der Waals surface area contributed by atoms with Crippen LogP contribution in [0.15, 0.2) is 0 Å². The zero-order valence-electron chi connectivity index (χ0n) is 10.4. The van der Waals surface area contributed by atoms with Crippen LogP contribution in [-0.2, 0) is 0 Å². The summed E-state index contributed by atoms with van der Waals surface area (Å²) in [5.41, 5.74) is 0.661. The number of rotatable bonds is 4. The van der Waals surface area contributed by atoms with Gasteiger partial charge < -0.3 is 5.32 Å². The molecule has 0 bridgehead atoms. The Bertz CT molecular complexity index is 197. The fraction of sp³-hybridized carbons (Fsp3) is 1.00. The molecule has 1 saturated carbocycles. The molecule has 0 amide bonds. The first-order chi connectivity index (χ1) is 7.22. The van der Waals surface area contributed by atoms with Crippen molar-refractivity contribution in [3.05, 3.63) is 0 Å². The second-order valence-electron chi connectivity index (χ2n) is 5.84. The third-order valence-electron chi connectivity index (χ3n) is 4.14. The van der Waals surface area contributed by atoms with Gasteiger partial charge in [0.2, 0.25) is 0 Å². The lowest BCUT2D eigenvalue weighted by Gasteiger charge is -2.44. The molecule has 0 aromatic carbocycles. The standard InChI is InChI=1S/C13H26N2/c1-3-5-12-10-15(9-8-14-12)11-13(2)6-4-7-13/h12,14H,3-11H2,1-2H3. The van der Waals surface area contributed by atoms with Crippen molar-refractivity contribution < 1.29 is 0 Å². The maximum atomic E-state index is 3.63. The van der Waals surface area contributed by atoms with E-state index in [1.54, 1.807) is 0 Å². The molecule has 0 aromatic rings. The van der Waals surface area contributed by atoms with Crippen LogP contribution < -0.4 is 5.32 Å². The van der Waals surface area contributed by atoms with Crippen LogP contribution in [0.2, 0.25) is 0 Å². The molecule has 2 heteroatoms. The van der Waals surface area contributed by atoms with E-state index in [2.05, 4.69) is 24.1 Å². The molecule has 1 atom stereocenters. The number of nitrogens with zero attached hydrogens (tertiary/aromatic N) is 1. The highest BCUT2D eigenvalue weighted by molar-refractivity contribution is 4.89. The average Bonchev–Trinajstić information content (AvgIpc) is 2.16. The lowest BCUT2D eigenvalue weighted by atomic mass is 9.70. The molecule has 2 rings (SSSR count). The van der Waals surface area contributed by atoms with E-state index in [9.17, 15) is 0 Å². The minimum Gasteiger partial charge on any atom is -0.311 e. The summed E-state index contributed by atoms with van der Waals surface area (Å²) in [5.74, 6) is 0. The van der Waals surface area contributed by atoms with E-state index in [1.165, 1.54) is 58.3 Å². The summed E-state index contributed by atoms with van der Waals surface area (Å²) in [6.45, 7) is 9.83. The van der Waals surface area contributed by atoms with E-state index in [0.717, 1.165) is 6.04 Å². The Morgan fingerprint density at radius 1 is 1.40 bits per heavy atom. The number of nitrogens with one attached hydrogen (secondary N) is 1. The van der Waals surface area contributed by atoms with Crippen LogP contribution in [0.1, 0.15) is 46.0 Å². The first kappa shape index (κ1) is 11.4. The van der Waals surface area contributed by atoms with Crippen LogP contribution in [0.25, 0.3) is 0 Å². The molecule has 1 aliphatic heterocycles. The third-order valence-corrected chi connectivity index (χ3v) is 4.14. The lowest BCUT2D eigenvalue weighted by molar-refractivity contribution is 0.0668. The van der Waals surface area contributed by atoms with Gasteiger partial charge in [-0.3, -0.25) is 4.90 Å². The maximum Gasteiger partial charge on any atom is 0.0195 e. The highest BCUT2D eigenvalue weighted by Gasteiger charge is 2.34. The Hall–Kier alpha value is -0.0800. The van der Waals surface area contributed by atoms with Crippen LogP contribution in [-0.4, -0.2) is 37.1 Å². The number of piperazine rings is 1. The summed E-state index contributed by atoms with van der Waals surface area (Å²) < 4.78 is 0. The summed E-state index contributed by atoms with van der Waals surface area (Å²) in [6.07, 6.45) is 7.02. The molecule has 0 spiro atoms. The van der Waals surface area contributed by atoms with Crippen LogP contribution in [0.4, 0.5) is 0 Å². The molecule has 1 N–H and O–H groups in total. The Balaban J connectivity index is 1.77. The Kier molecular flexibility index (Phi) is 3.68. The predicted octanol–water partition coefficient (Wildman–Crippen LogP) is 2.25. The second kappa shape index (κ2) is 4.84. The normalized spacial score (nSPS) is 31.2. The van der Waals surface area contributed by atoms with Gasteiger partial charge in [-0.2, -0.15) is 0 Å². The van der Waals surface area contributed by atoms with Crippen LogP contribution >= 0.6 is 0 Å². The minimum absolute atomic E-state index is 0.661. The molecule has 15 heavy (non-hydrogen) atoms. The average molecular weight is 210 g/mol. The van der Waals surface area contributed by atoms with Gasteiger partial charge in [0, 0.05) is 32.2 Å². The fourth-order valence-corrected chi connectivity index (χ4v) is 3.06. The van der Waals surface area contributed by atoms with Crippen LogP contribution in [0.5, 0.6) is 0 Å². The van der Waals surface area contributed by atoms with Crippen molar-refractivity contribution in [3.63, 3.8) is 0 Å². The largest absolute Gasteiger partial charge is 0.311 e. The molecule has 1 saturated heterocycles. The Morgan fingerprint density at radius 3 is 2.80 bits per heavy atom. The van der Waals surface area contributed by atoms with Crippen molar-refractivity contribution in [2.75, 3.05) is 26.2 Å². The summed E-state index contributed by atoms with van der Waals surface area (Å²) in [6, 6.07) is 0.757. The molecule has 1 unspecified atom stereocenters. The third kappa shape index (κ3) is 2.94. The predicted molar refractivity (Wildman–Crippen MR) is 65.1 cm³/mol. The zero-order chi connectivity index (χ0) is 10.7. The van der Waals surface area contributed by atoms with Crippen molar-refractivity contribution >= 4 is 0 Å². The molecule has 1 aliphatic carbocycles. The van der Waals surface area contributed by atoms with E-state index in [4.69, 9.17) is 0 Å². The van der Waals surface area contributed by atoms with Gasteiger partial charge in [-0.1, -0.05) is 26.7 Å². The quantitative estimate of drug-likeness (QED) is 0.765. The SMILES string of the molecule is CCCC1CN(CC2(C)CCC2)CCN1. The van der Waals surface area contributed by atoms with Crippen LogP contribution in [0.3, 0.4) is 0 Å². The van der Waals surface area contributed by atoms with Gasteiger partial charge in [-0.05, 0) is 24.7 Å². The van der Waals surface area contributed by atoms with Crippen molar-refractivity contribution in [1.82, 2.24) is 10.2 Å². The highest BCUT2D eigenvalue weighted by atomic mass is 15.2. The molecule has 88 valence electrons. The first-order valence-corrected chi connectivity index (χ1v) is 6.68. The van der Waals surface area contributed by atoms with Crippen molar-refractivity contribution in [1.29, 1.82) is 0 Å². The fourth-order valence-electron chi connectivity index (χ4n) is 3.06. The van der Waals surface area contributed by atoms with Gasteiger partial charge in [-0.25, -0.2) is 0 Å². The molecular formula is C13H26N2. The van der Waals surface area contributed by atoms with E-state index in [-0.39, 0.29) is 0 Å². The Morgan fingerprint density at radius 2 is 2.20 bits per heavy atom. The van der Waals surface area contributed by atoms with Gasteiger partial charge in [0.1, 0.15) is 0 Å². The zero-order valence-corrected chi connectivity index (χ0v) is 10.4. The van der Waals surface area contributed by atoms with Crippen molar-refractivity contribution in [3.8, 4) is 0 Å². The van der Waals surface area contributed by atoms with Gasteiger partial charge in [0.05, 0.1) is 0 Å². The number of hydrogen-bond donors (Lipinski definition) is 1. The molecule has 2 aliphatic rings. The van der Waals surface area contributed by atoms with E-state index in [0.29, 0.717) is 5.41 Å². The van der Waals surface area contributed by atoms with E-state index in [1.807, 2.05) is 0 Å². The van der Waals surface area contributed by atoms with Gasteiger partial charge >= 0.3 is 0 Å². The van der Waals surface area contributed by atoms with E-state index >= 15 is 0 Å². The van der Waals surface area contributed by atoms with Crippen molar-refractivity contribution in [2.24, 2.45) is 5.41 Å². The van der Waals surface area contributed by atoms with Gasteiger partial charge in [0.15, 0.2) is 0 Å². The summed E-state index contributed by atoms with van der Waals surface area (Å²) in [4.78, 5) is 2.69. The van der Waals surface area contributed by atoms with Gasteiger partial charge in [-0.15, -0.1) is 0 Å². The highest BCUT2D eigenvalue weighted by Crippen LogP contribution is 2.40. The molecule has 0 aromatic heterocycles. The molecule has 2 nitrogen and oxygen atoms in total. The number of hydrogen-bond acceptors (Lipinski definition) is 2. The second-order valence-corrected chi connectivity index (χ2v) is 5.84. The maximum absolute atomic E-state index is 3.63. The molecule has 0 radical (unpaired) electrons. The smallest absolute Gasteiger partial charge is 0.0195 e. The minimum atomic E-state index is 0.661.